The Morgan fingerprint density at radius 2 is 2.21 bits per heavy atom. The molecule has 1 N–H and O–H groups in total. The fraction of sp³-hybridized carbons (Fsp3) is 0.632. The first-order valence-corrected chi connectivity index (χ1v) is 9.76. The van der Waals surface area contributed by atoms with Gasteiger partial charge in [0, 0.05) is 42.5 Å². The molecule has 4 nitrogen and oxygen atoms in total. The Hall–Kier alpha value is -1.07. The zero-order valence-electron chi connectivity index (χ0n) is 14.7. The van der Waals surface area contributed by atoms with Crippen molar-refractivity contribution >= 4 is 21.9 Å². The van der Waals surface area contributed by atoms with E-state index in [2.05, 4.69) is 64.4 Å². The third kappa shape index (κ3) is 4.12. The van der Waals surface area contributed by atoms with Crippen molar-refractivity contribution in [3.63, 3.8) is 0 Å². The SMILES string of the molecule is CCNC(=NCC1(c2ccccc2Br)CC1)N(C)CC1CCOC1. The molecule has 3 rings (SSSR count). The fourth-order valence-electron chi connectivity index (χ4n) is 3.45. The molecule has 0 amide bonds. The molecule has 1 unspecified atom stereocenters. The van der Waals surface area contributed by atoms with Crippen LogP contribution >= 0.6 is 15.9 Å². The summed E-state index contributed by atoms with van der Waals surface area (Å²) < 4.78 is 6.71. The lowest BCUT2D eigenvalue weighted by Gasteiger charge is -2.25. The van der Waals surface area contributed by atoms with Crippen LogP contribution in [0.2, 0.25) is 0 Å². The topological polar surface area (TPSA) is 36.9 Å². The van der Waals surface area contributed by atoms with Crippen molar-refractivity contribution in [1.82, 2.24) is 10.2 Å². The molecule has 1 aromatic rings. The molecule has 0 spiro atoms. The van der Waals surface area contributed by atoms with E-state index in [0.29, 0.717) is 5.92 Å². The van der Waals surface area contributed by atoms with Gasteiger partial charge in [0.05, 0.1) is 13.2 Å². The average molecular weight is 394 g/mol. The Bertz CT molecular complexity index is 580. The molecule has 1 aliphatic heterocycles. The van der Waals surface area contributed by atoms with E-state index in [1.807, 2.05) is 0 Å². The van der Waals surface area contributed by atoms with Crippen LogP contribution in [0.15, 0.2) is 33.7 Å². The Morgan fingerprint density at radius 1 is 1.42 bits per heavy atom. The maximum absolute atomic E-state index is 5.50. The van der Waals surface area contributed by atoms with E-state index in [-0.39, 0.29) is 5.41 Å². The fourth-order valence-corrected chi connectivity index (χ4v) is 4.16. The van der Waals surface area contributed by atoms with Crippen molar-refractivity contribution in [2.24, 2.45) is 10.9 Å². The minimum atomic E-state index is 0.220. The predicted molar refractivity (Wildman–Crippen MR) is 103 cm³/mol. The summed E-state index contributed by atoms with van der Waals surface area (Å²) in [6, 6.07) is 8.57. The Morgan fingerprint density at radius 3 is 2.83 bits per heavy atom. The third-order valence-electron chi connectivity index (χ3n) is 5.08. The zero-order valence-corrected chi connectivity index (χ0v) is 16.3. The van der Waals surface area contributed by atoms with Gasteiger partial charge in [0.2, 0.25) is 0 Å². The molecule has 132 valence electrons. The Labute approximate surface area is 153 Å². The molecular weight excluding hydrogens is 366 g/mol. The summed E-state index contributed by atoms with van der Waals surface area (Å²) in [5.74, 6) is 1.64. The lowest BCUT2D eigenvalue weighted by atomic mass is 9.96. The third-order valence-corrected chi connectivity index (χ3v) is 5.77. The number of hydrogen-bond donors (Lipinski definition) is 1. The first-order valence-electron chi connectivity index (χ1n) is 8.97. The number of nitrogens with one attached hydrogen (secondary N) is 1. The number of benzene rings is 1. The standard InChI is InChI=1S/C19H28BrN3O/c1-3-21-18(23(2)12-15-8-11-24-13-15)22-14-19(9-10-19)16-6-4-5-7-17(16)20/h4-7,15H,3,8-14H2,1-2H3,(H,21,22). The number of rotatable bonds is 6. The van der Waals surface area contributed by atoms with Gasteiger partial charge in [0.1, 0.15) is 0 Å². The van der Waals surface area contributed by atoms with Gasteiger partial charge in [0.15, 0.2) is 5.96 Å². The van der Waals surface area contributed by atoms with E-state index >= 15 is 0 Å². The molecule has 24 heavy (non-hydrogen) atoms. The van der Waals surface area contributed by atoms with Crippen LogP contribution in [0.4, 0.5) is 0 Å². The summed E-state index contributed by atoms with van der Waals surface area (Å²) in [4.78, 5) is 7.24. The predicted octanol–water partition coefficient (Wildman–Crippen LogP) is 3.41. The number of ether oxygens (including phenoxy) is 1. The quantitative estimate of drug-likeness (QED) is 0.594. The lowest BCUT2D eigenvalue weighted by Crippen LogP contribution is -2.42. The van der Waals surface area contributed by atoms with Crippen molar-refractivity contribution in [3.05, 3.63) is 34.3 Å². The molecule has 0 aromatic heterocycles. The molecule has 1 aromatic carbocycles. The van der Waals surface area contributed by atoms with Gasteiger partial charge < -0.3 is 15.0 Å². The van der Waals surface area contributed by atoms with Crippen LogP contribution in [0.3, 0.4) is 0 Å². The van der Waals surface area contributed by atoms with Crippen molar-refractivity contribution in [1.29, 1.82) is 0 Å². The second-order valence-corrected chi connectivity index (χ2v) is 7.89. The minimum absolute atomic E-state index is 0.220. The molecule has 0 bridgehead atoms. The largest absolute Gasteiger partial charge is 0.381 e. The molecule has 2 fully saturated rings. The lowest BCUT2D eigenvalue weighted by molar-refractivity contribution is 0.181. The number of nitrogens with zero attached hydrogens (tertiary/aromatic N) is 2. The molecular formula is C19H28BrN3O. The van der Waals surface area contributed by atoms with Crippen molar-refractivity contribution < 1.29 is 4.74 Å². The zero-order chi connectivity index (χ0) is 17.0. The van der Waals surface area contributed by atoms with Crippen molar-refractivity contribution in [2.75, 3.05) is 39.9 Å². The molecule has 1 saturated carbocycles. The highest BCUT2D eigenvalue weighted by molar-refractivity contribution is 9.10. The minimum Gasteiger partial charge on any atom is -0.381 e. The summed E-state index contributed by atoms with van der Waals surface area (Å²) in [7, 11) is 2.14. The van der Waals surface area contributed by atoms with E-state index in [1.165, 1.54) is 22.9 Å². The number of guanidine groups is 1. The summed E-state index contributed by atoms with van der Waals surface area (Å²) in [6.07, 6.45) is 3.60. The molecule has 1 heterocycles. The van der Waals surface area contributed by atoms with Gasteiger partial charge in [-0.1, -0.05) is 34.1 Å². The molecule has 1 saturated heterocycles. The summed E-state index contributed by atoms with van der Waals surface area (Å²) in [5.41, 5.74) is 1.62. The monoisotopic (exact) mass is 393 g/mol. The maximum Gasteiger partial charge on any atom is 0.193 e. The van der Waals surface area contributed by atoms with Crippen LogP contribution < -0.4 is 5.32 Å². The van der Waals surface area contributed by atoms with Crippen LogP contribution in [0.1, 0.15) is 31.7 Å². The van der Waals surface area contributed by atoms with E-state index in [9.17, 15) is 0 Å². The smallest absolute Gasteiger partial charge is 0.193 e. The number of halogens is 1. The van der Waals surface area contributed by atoms with Crippen molar-refractivity contribution in [2.45, 2.75) is 31.6 Å². The van der Waals surface area contributed by atoms with E-state index < -0.39 is 0 Å². The molecule has 1 atom stereocenters. The molecule has 2 aliphatic rings. The van der Waals surface area contributed by atoms with Gasteiger partial charge in [-0.15, -0.1) is 0 Å². The summed E-state index contributed by atoms with van der Waals surface area (Å²) >= 11 is 3.71. The van der Waals surface area contributed by atoms with Gasteiger partial charge in [-0.05, 0) is 37.8 Å². The highest BCUT2D eigenvalue weighted by Crippen LogP contribution is 2.50. The van der Waals surface area contributed by atoms with Crippen LogP contribution in [0, 0.1) is 5.92 Å². The van der Waals surface area contributed by atoms with Gasteiger partial charge >= 0.3 is 0 Å². The highest BCUT2D eigenvalue weighted by atomic mass is 79.9. The van der Waals surface area contributed by atoms with E-state index in [4.69, 9.17) is 9.73 Å². The number of aliphatic imine (C=N–C) groups is 1. The Kier molecular flexibility index (Phi) is 5.82. The van der Waals surface area contributed by atoms with Gasteiger partial charge in [-0.3, -0.25) is 4.99 Å². The van der Waals surface area contributed by atoms with Crippen LogP contribution in [-0.2, 0) is 10.2 Å². The normalized spacial score (nSPS) is 22.5. The van der Waals surface area contributed by atoms with Gasteiger partial charge in [-0.25, -0.2) is 0 Å². The van der Waals surface area contributed by atoms with E-state index in [0.717, 1.165) is 45.2 Å². The number of hydrogen-bond acceptors (Lipinski definition) is 2. The second-order valence-electron chi connectivity index (χ2n) is 7.04. The Balaban J connectivity index is 1.68. The first kappa shape index (κ1) is 17.7. The van der Waals surface area contributed by atoms with Crippen molar-refractivity contribution in [3.8, 4) is 0 Å². The average Bonchev–Trinajstić information content (AvgIpc) is 3.19. The highest BCUT2D eigenvalue weighted by Gasteiger charge is 2.45. The molecule has 0 radical (unpaired) electrons. The van der Waals surface area contributed by atoms with Gasteiger partial charge in [0.25, 0.3) is 0 Å². The second kappa shape index (κ2) is 7.87. The first-order chi connectivity index (χ1) is 11.6. The molecule has 5 heteroatoms. The van der Waals surface area contributed by atoms with E-state index in [1.54, 1.807) is 0 Å². The molecule has 1 aliphatic carbocycles. The summed E-state index contributed by atoms with van der Waals surface area (Å²) in [6.45, 7) is 6.66. The maximum atomic E-state index is 5.50. The summed E-state index contributed by atoms with van der Waals surface area (Å²) in [5, 5.41) is 3.45. The van der Waals surface area contributed by atoms with Crippen LogP contribution in [0.5, 0.6) is 0 Å². The van der Waals surface area contributed by atoms with Crippen LogP contribution in [0.25, 0.3) is 0 Å². The van der Waals surface area contributed by atoms with Gasteiger partial charge in [-0.2, -0.15) is 0 Å². The van der Waals surface area contributed by atoms with Crippen LogP contribution in [-0.4, -0.2) is 50.8 Å².